The molecule has 4 nitrogen and oxygen atoms in total. The van der Waals surface area contributed by atoms with Crippen molar-refractivity contribution in [2.45, 2.75) is 6.92 Å². The average molecular weight is 208 g/mol. The molecule has 80 valence electrons. The highest BCUT2D eigenvalue weighted by atomic mass is 32.2. The van der Waals surface area contributed by atoms with Gasteiger partial charge in [0.25, 0.3) is 0 Å². The van der Waals surface area contributed by atoms with Crippen molar-refractivity contribution in [3.63, 3.8) is 0 Å². The lowest BCUT2D eigenvalue weighted by Crippen LogP contribution is -2.34. The van der Waals surface area contributed by atoms with Crippen molar-refractivity contribution >= 4 is 9.84 Å². The molecule has 5 heteroatoms. The number of nitrogens with zero attached hydrogens (tertiary/aromatic N) is 1. The number of sulfone groups is 1. The Balaban J connectivity index is 3.72. The molecule has 0 aliphatic rings. The van der Waals surface area contributed by atoms with Gasteiger partial charge < -0.3 is 10.2 Å². The number of nitrogens with one attached hydrogen (secondary N) is 1. The number of hydrogen-bond donors (Lipinski definition) is 1. The van der Waals surface area contributed by atoms with Gasteiger partial charge in [0.1, 0.15) is 9.84 Å². The zero-order valence-electron chi connectivity index (χ0n) is 8.71. The maximum atomic E-state index is 10.9. The minimum Gasteiger partial charge on any atom is -0.318 e. The van der Waals surface area contributed by atoms with E-state index in [1.807, 2.05) is 14.0 Å². The third-order valence-electron chi connectivity index (χ3n) is 1.90. The first kappa shape index (κ1) is 12.9. The Hall–Kier alpha value is -0.130. The zero-order valence-corrected chi connectivity index (χ0v) is 9.52. The molecule has 0 rings (SSSR count). The lowest BCUT2D eigenvalue weighted by molar-refractivity contribution is 0.306. The van der Waals surface area contributed by atoms with E-state index in [4.69, 9.17) is 0 Å². The van der Waals surface area contributed by atoms with Gasteiger partial charge in [-0.2, -0.15) is 0 Å². The number of hydrogen-bond acceptors (Lipinski definition) is 4. The van der Waals surface area contributed by atoms with E-state index in [1.165, 1.54) is 6.26 Å². The van der Waals surface area contributed by atoms with Gasteiger partial charge in [0.05, 0.1) is 5.75 Å². The third-order valence-corrected chi connectivity index (χ3v) is 2.83. The van der Waals surface area contributed by atoms with Crippen molar-refractivity contribution in [2.75, 3.05) is 45.2 Å². The summed E-state index contributed by atoms with van der Waals surface area (Å²) >= 11 is 0. The van der Waals surface area contributed by atoms with E-state index >= 15 is 0 Å². The predicted molar refractivity (Wildman–Crippen MR) is 55.8 cm³/mol. The molecule has 0 aromatic heterocycles. The predicted octanol–water partition coefficient (Wildman–Crippen LogP) is -0.428. The molecule has 0 heterocycles. The van der Waals surface area contributed by atoms with Gasteiger partial charge in [0, 0.05) is 25.9 Å². The maximum absolute atomic E-state index is 10.9. The second-order valence-corrected chi connectivity index (χ2v) is 5.43. The second-order valence-electron chi connectivity index (χ2n) is 3.17. The molecule has 0 spiro atoms. The van der Waals surface area contributed by atoms with Crippen LogP contribution in [0, 0.1) is 0 Å². The van der Waals surface area contributed by atoms with E-state index in [2.05, 4.69) is 10.2 Å². The Morgan fingerprint density at radius 3 is 2.31 bits per heavy atom. The van der Waals surface area contributed by atoms with Crippen LogP contribution in [-0.2, 0) is 9.84 Å². The summed E-state index contributed by atoms with van der Waals surface area (Å²) < 4.78 is 21.8. The molecule has 0 atom stereocenters. The Bertz CT molecular complexity index is 214. The van der Waals surface area contributed by atoms with E-state index in [9.17, 15) is 8.42 Å². The lowest BCUT2D eigenvalue weighted by atomic mass is 10.5. The summed E-state index contributed by atoms with van der Waals surface area (Å²) in [6.45, 7) is 5.38. The highest BCUT2D eigenvalue weighted by Crippen LogP contribution is 1.90. The fourth-order valence-corrected chi connectivity index (χ4v) is 1.58. The summed E-state index contributed by atoms with van der Waals surface area (Å²) in [4.78, 5) is 2.12. The monoisotopic (exact) mass is 208 g/mol. The fourth-order valence-electron chi connectivity index (χ4n) is 0.993. The van der Waals surface area contributed by atoms with E-state index < -0.39 is 9.84 Å². The van der Waals surface area contributed by atoms with Crippen molar-refractivity contribution in [1.82, 2.24) is 10.2 Å². The first-order chi connectivity index (χ1) is 5.99. The van der Waals surface area contributed by atoms with E-state index in [0.717, 1.165) is 19.6 Å². The van der Waals surface area contributed by atoms with Crippen LogP contribution in [-0.4, -0.2) is 58.6 Å². The summed E-state index contributed by atoms with van der Waals surface area (Å²) in [7, 11) is -0.923. The molecule has 0 aromatic carbocycles. The van der Waals surface area contributed by atoms with Crippen molar-refractivity contribution in [3.05, 3.63) is 0 Å². The molecule has 0 amide bonds. The molecular weight excluding hydrogens is 188 g/mol. The van der Waals surface area contributed by atoms with Gasteiger partial charge in [0.15, 0.2) is 0 Å². The fraction of sp³-hybridized carbons (Fsp3) is 1.00. The van der Waals surface area contributed by atoms with Crippen LogP contribution >= 0.6 is 0 Å². The molecule has 0 aliphatic carbocycles. The first-order valence-corrected chi connectivity index (χ1v) is 6.60. The SMILES string of the molecule is CCN(CCNC)CCS(C)(=O)=O. The largest absolute Gasteiger partial charge is 0.318 e. The summed E-state index contributed by atoms with van der Waals surface area (Å²) in [5, 5.41) is 3.04. The summed E-state index contributed by atoms with van der Waals surface area (Å²) in [5.74, 6) is 0.255. The van der Waals surface area contributed by atoms with Gasteiger partial charge in [-0.05, 0) is 13.6 Å². The van der Waals surface area contributed by atoms with E-state index in [1.54, 1.807) is 0 Å². The van der Waals surface area contributed by atoms with Crippen LogP contribution in [0.25, 0.3) is 0 Å². The van der Waals surface area contributed by atoms with Crippen LogP contribution in [0.4, 0.5) is 0 Å². The minimum absolute atomic E-state index is 0.255. The van der Waals surface area contributed by atoms with E-state index in [0.29, 0.717) is 6.54 Å². The summed E-state index contributed by atoms with van der Waals surface area (Å²) in [6.07, 6.45) is 1.28. The Morgan fingerprint density at radius 2 is 1.92 bits per heavy atom. The van der Waals surface area contributed by atoms with E-state index in [-0.39, 0.29) is 5.75 Å². The quantitative estimate of drug-likeness (QED) is 0.617. The van der Waals surface area contributed by atoms with Gasteiger partial charge in [-0.1, -0.05) is 6.92 Å². The summed E-state index contributed by atoms with van der Waals surface area (Å²) in [6, 6.07) is 0. The normalized spacial score (nSPS) is 12.3. The average Bonchev–Trinajstić information content (AvgIpc) is 2.03. The molecule has 0 radical (unpaired) electrons. The van der Waals surface area contributed by atoms with Gasteiger partial charge in [0.2, 0.25) is 0 Å². The maximum Gasteiger partial charge on any atom is 0.148 e. The van der Waals surface area contributed by atoms with Gasteiger partial charge >= 0.3 is 0 Å². The highest BCUT2D eigenvalue weighted by Gasteiger charge is 2.06. The molecule has 0 saturated carbocycles. The van der Waals surface area contributed by atoms with Crippen molar-refractivity contribution in [1.29, 1.82) is 0 Å². The molecule has 0 fully saturated rings. The van der Waals surface area contributed by atoms with Crippen molar-refractivity contribution in [2.24, 2.45) is 0 Å². The van der Waals surface area contributed by atoms with Gasteiger partial charge in [-0.3, -0.25) is 0 Å². The number of rotatable bonds is 7. The van der Waals surface area contributed by atoms with Crippen LogP contribution in [0.5, 0.6) is 0 Å². The summed E-state index contributed by atoms with van der Waals surface area (Å²) in [5.41, 5.74) is 0. The van der Waals surface area contributed by atoms with Crippen LogP contribution in [0.15, 0.2) is 0 Å². The van der Waals surface area contributed by atoms with Crippen molar-refractivity contribution < 1.29 is 8.42 Å². The second kappa shape index (κ2) is 6.34. The number of likely N-dealkylation sites (N-methyl/N-ethyl adjacent to an activating group) is 2. The smallest absolute Gasteiger partial charge is 0.148 e. The molecule has 0 saturated heterocycles. The standard InChI is InChI=1S/C8H20N2O2S/c1-4-10(6-5-9-2)7-8-13(3,11)12/h9H,4-8H2,1-3H3. The highest BCUT2D eigenvalue weighted by molar-refractivity contribution is 7.90. The molecular formula is C8H20N2O2S. The molecule has 0 bridgehead atoms. The molecule has 0 unspecified atom stereocenters. The van der Waals surface area contributed by atoms with Crippen LogP contribution < -0.4 is 5.32 Å². The topological polar surface area (TPSA) is 49.4 Å². The Morgan fingerprint density at radius 1 is 1.31 bits per heavy atom. The Labute approximate surface area is 81.2 Å². The molecule has 0 aromatic rings. The van der Waals surface area contributed by atoms with Crippen LogP contribution in [0.1, 0.15) is 6.92 Å². The van der Waals surface area contributed by atoms with Crippen LogP contribution in [0.2, 0.25) is 0 Å². The molecule has 1 N–H and O–H groups in total. The lowest BCUT2D eigenvalue weighted by Gasteiger charge is -2.19. The Kier molecular flexibility index (Phi) is 6.28. The van der Waals surface area contributed by atoms with Crippen LogP contribution in [0.3, 0.4) is 0 Å². The molecule has 0 aliphatic heterocycles. The van der Waals surface area contributed by atoms with Gasteiger partial charge in [-0.15, -0.1) is 0 Å². The van der Waals surface area contributed by atoms with Crippen molar-refractivity contribution in [3.8, 4) is 0 Å². The van der Waals surface area contributed by atoms with Gasteiger partial charge in [-0.25, -0.2) is 8.42 Å². The first-order valence-electron chi connectivity index (χ1n) is 4.54. The molecule has 13 heavy (non-hydrogen) atoms. The third kappa shape index (κ3) is 8.21. The zero-order chi connectivity index (χ0) is 10.3. The minimum atomic E-state index is -2.82.